The van der Waals surface area contributed by atoms with E-state index in [1.54, 1.807) is 7.11 Å². The molecule has 1 aliphatic carbocycles. The van der Waals surface area contributed by atoms with Gasteiger partial charge in [0.15, 0.2) is 0 Å². The van der Waals surface area contributed by atoms with Gasteiger partial charge in [0.05, 0.1) is 31.5 Å². The first-order valence-corrected chi connectivity index (χ1v) is 11.9. The van der Waals surface area contributed by atoms with Crippen molar-refractivity contribution in [2.24, 2.45) is 0 Å². The zero-order valence-corrected chi connectivity index (χ0v) is 19.4. The van der Waals surface area contributed by atoms with Gasteiger partial charge < -0.3 is 24.4 Å². The minimum Gasteiger partial charge on any atom is -0.485 e. The number of ether oxygens (including phenoxy) is 3. The summed E-state index contributed by atoms with van der Waals surface area (Å²) in [5, 5.41) is 20.3. The topological polar surface area (TPSA) is 68.2 Å². The minimum atomic E-state index is -0.473. The standard InChI is InChI=1S/C26H33ClO5/c1-30-17-26(10-2-3-11-26)32-22-7-4-18(5-8-22)12-20-13-19(6-9-24(20)27)25-15-21(29)14-23(16-28)31-25/h4-9,13,21,23,25,28-29H,2-3,10-12,14-17H2,1H3/t21?,23-,25+/m0/s1. The Bertz CT molecular complexity index is 878. The van der Waals surface area contributed by atoms with Crippen LogP contribution in [0.1, 0.15) is 61.3 Å². The first-order chi connectivity index (χ1) is 15.5. The second kappa shape index (κ2) is 10.5. The van der Waals surface area contributed by atoms with Gasteiger partial charge >= 0.3 is 0 Å². The van der Waals surface area contributed by atoms with Gasteiger partial charge in [-0.15, -0.1) is 0 Å². The lowest BCUT2D eigenvalue weighted by Gasteiger charge is -2.32. The summed E-state index contributed by atoms with van der Waals surface area (Å²) in [6.07, 6.45) is 5.03. The molecule has 4 rings (SSSR count). The van der Waals surface area contributed by atoms with Crippen molar-refractivity contribution in [3.05, 3.63) is 64.2 Å². The first kappa shape index (κ1) is 23.5. The van der Waals surface area contributed by atoms with E-state index in [9.17, 15) is 10.2 Å². The third kappa shape index (κ3) is 5.64. The van der Waals surface area contributed by atoms with Gasteiger partial charge in [-0.25, -0.2) is 0 Å². The van der Waals surface area contributed by atoms with E-state index in [0.29, 0.717) is 30.9 Å². The van der Waals surface area contributed by atoms with Crippen molar-refractivity contribution < 1.29 is 24.4 Å². The molecule has 6 heteroatoms. The molecule has 0 amide bonds. The van der Waals surface area contributed by atoms with Gasteiger partial charge in [0.1, 0.15) is 11.4 Å². The lowest BCUT2D eigenvalue weighted by molar-refractivity contribution is -0.113. The van der Waals surface area contributed by atoms with E-state index in [1.807, 2.05) is 24.3 Å². The second-order valence-electron chi connectivity index (χ2n) is 9.15. The molecule has 0 bridgehead atoms. The molecule has 1 aliphatic heterocycles. The maximum absolute atomic E-state index is 10.1. The van der Waals surface area contributed by atoms with E-state index in [4.69, 9.17) is 25.8 Å². The number of hydrogen-bond acceptors (Lipinski definition) is 5. The van der Waals surface area contributed by atoms with Crippen molar-refractivity contribution in [3.8, 4) is 5.75 Å². The highest BCUT2D eigenvalue weighted by Gasteiger charge is 2.36. The van der Waals surface area contributed by atoms with Crippen LogP contribution in [0.5, 0.6) is 5.75 Å². The van der Waals surface area contributed by atoms with Gasteiger partial charge in [0, 0.05) is 25.0 Å². The fourth-order valence-electron chi connectivity index (χ4n) is 4.96. The van der Waals surface area contributed by atoms with Crippen LogP contribution >= 0.6 is 11.6 Å². The molecule has 1 saturated carbocycles. The number of hydrogen-bond donors (Lipinski definition) is 2. The summed E-state index contributed by atoms with van der Waals surface area (Å²) in [6, 6.07) is 14.1. The van der Waals surface area contributed by atoms with Crippen molar-refractivity contribution in [3.63, 3.8) is 0 Å². The summed E-state index contributed by atoms with van der Waals surface area (Å²) in [4.78, 5) is 0. The second-order valence-corrected chi connectivity index (χ2v) is 9.56. The molecule has 2 N–H and O–H groups in total. The molecular formula is C26H33ClO5. The Kier molecular flexibility index (Phi) is 7.74. The maximum Gasteiger partial charge on any atom is 0.132 e. The van der Waals surface area contributed by atoms with E-state index < -0.39 is 6.10 Å². The normalized spacial score (nSPS) is 25.1. The number of aliphatic hydroxyl groups excluding tert-OH is 2. The molecule has 0 spiro atoms. The number of rotatable bonds is 8. The Hall–Kier alpha value is -1.63. The first-order valence-electron chi connectivity index (χ1n) is 11.5. The van der Waals surface area contributed by atoms with Crippen LogP contribution < -0.4 is 4.74 Å². The number of halogens is 1. The van der Waals surface area contributed by atoms with Crippen LogP contribution in [0.25, 0.3) is 0 Å². The minimum absolute atomic E-state index is 0.0892. The van der Waals surface area contributed by atoms with E-state index in [0.717, 1.165) is 35.3 Å². The maximum atomic E-state index is 10.1. The number of methoxy groups -OCH3 is 1. The molecule has 2 aromatic carbocycles. The Morgan fingerprint density at radius 2 is 1.84 bits per heavy atom. The van der Waals surface area contributed by atoms with Crippen molar-refractivity contribution in [1.29, 1.82) is 0 Å². The Morgan fingerprint density at radius 1 is 1.09 bits per heavy atom. The van der Waals surface area contributed by atoms with Crippen molar-refractivity contribution in [1.82, 2.24) is 0 Å². The van der Waals surface area contributed by atoms with Gasteiger partial charge in [-0.05, 0) is 67.0 Å². The van der Waals surface area contributed by atoms with E-state index in [-0.39, 0.29) is 24.4 Å². The van der Waals surface area contributed by atoms with Crippen LogP contribution in [0, 0.1) is 0 Å². The number of aliphatic hydroxyl groups is 2. The van der Waals surface area contributed by atoms with Crippen molar-refractivity contribution >= 4 is 11.6 Å². The fourth-order valence-corrected chi connectivity index (χ4v) is 5.14. The summed E-state index contributed by atoms with van der Waals surface area (Å²) < 4.78 is 17.7. The fraction of sp³-hybridized carbons (Fsp3) is 0.538. The lowest BCUT2D eigenvalue weighted by atomic mass is 9.94. The molecule has 1 heterocycles. The lowest BCUT2D eigenvalue weighted by Crippen LogP contribution is -2.37. The van der Waals surface area contributed by atoms with Crippen LogP contribution in [0.3, 0.4) is 0 Å². The smallest absolute Gasteiger partial charge is 0.132 e. The average Bonchev–Trinajstić information content (AvgIpc) is 3.24. The van der Waals surface area contributed by atoms with E-state index in [1.165, 1.54) is 12.8 Å². The Balaban J connectivity index is 1.45. The predicted octanol–water partition coefficient (Wildman–Crippen LogP) is 4.84. The number of benzene rings is 2. The van der Waals surface area contributed by atoms with Crippen LogP contribution in [0.4, 0.5) is 0 Å². The molecule has 1 saturated heterocycles. The Labute approximate surface area is 195 Å². The van der Waals surface area contributed by atoms with Gasteiger partial charge in [-0.2, -0.15) is 0 Å². The summed E-state index contributed by atoms with van der Waals surface area (Å²) >= 11 is 6.50. The van der Waals surface area contributed by atoms with Gasteiger partial charge in [-0.1, -0.05) is 35.9 Å². The van der Waals surface area contributed by atoms with Gasteiger partial charge in [0.2, 0.25) is 0 Å². The zero-order valence-electron chi connectivity index (χ0n) is 18.6. The van der Waals surface area contributed by atoms with E-state index >= 15 is 0 Å². The van der Waals surface area contributed by atoms with Crippen molar-refractivity contribution in [2.45, 2.75) is 68.9 Å². The summed E-state index contributed by atoms with van der Waals surface area (Å²) in [6.45, 7) is 0.528. The highest BCUT2D eigenvalue weighted by molar-refractivity contribution is 6.31. The van der Waals surface area contributed by atoms with Crippen LogP contribution in [-0.4, -0.2) is 48.3 Å². The average molecular weight is 461 g/mol. The summed E-state index contributed by atoms with van der Waals surface area (Å²) in [5.74, 6) is 0.868. The molecule has 2 aliphatic rings. The largest absolute Gasteiger partial charge is 0.485 e. The highest BCUT2D eigenvalue weighted by atomic mass is 35.5. The van der Waals surface area contributed by atoms with Crippen LogP contribution in [0.15, 0.2) is 42.5 Å². The molecule has 174 valence electrons. The van der Waals surface area contributed by atoms with Crippen molar-refractivity contribution in [2.75, 3.05) is 20.3 Å². The van der Waals surface area contributed by atoms with Gasteiger partial charge in [-0.3, -0.25) is 0 Å². The molecular weight excluding hydrogens is 428 g/mol. The summed E-state index contributed by atoms with van der Waals surface area (Å²) in [7, 11) is 1.73. The molecule has 3 atom stereocenters. The predicted molar refractivity (Wildman–Crippen MR) is 124 cm³/mol. The molecule has 5 nitrogen and oxygen atoms in total. The highest BCUT2D eigenvalue weighted by Crippen LogP contribution is 2.36. The zero-order chi connectivity index (χ0) is 22.6. The summed E-state index contributed by atoms with van der Waals surface area (Å²) in [5.41, 5.74) is 2.92. The third-order valence-electron chi connectivity index (χ3n) is 6.60. The molecule has 1 unspecified atom stereocenters. The van der Waals surface area contributed by atoms with Crippen LogP contribution in [-0.2, 0) is 15.9 Å². The van der Waals surface area contributed by atoms with Crippen LogP contribution in [0.2, 0.25) is 5.02 Å². The van der Waals surface area contributed by atoms with E-state index in [2.05, 4.69) is 18.2 Å². The SMILES string of the molecule is COCC1(Oc2ccc(Cc3cc([C@H]4CC(O)C[C@@H](CO)O4)ccc3Cl)cc2)CCCC1. The monoisotopic (exact) mass is 460 g/mol. The quantitative estimate of drug-likeness (QED) is 0.589. The Morgan fingerprint density at radius 3 is 2.53 bits per heavy atom. The molecule has 32 heavy (non-hydrogen) atoms. The molecule has 2 fully saturated rings. The molecule has 0 radical (unpaired) electrons. The molecule has 2 aromatic rings. The third-order valence-corrected chi connectivity index (χ3v) is 6.97. The van der Waals surface area contributed by atoms with Gasteiger partial charge in [0.25, 0.3) is 0 Å². The molecule has 0 aromatic heterocycles.